The standard InChI is InChI=1S/C21H28N4.3C2HF3O2/c1-18-6-4-8-20(23-18)16-25-12-3-2-9-21(25)10-13-24(17-21)15-19-7-5-11-22-14-19;3*3-2(4,5)1(6)7/h4-8,11,14H,2-3,9-10,12-13,15-17H2,1H3;3*(H,6,7). The Morgan fingerprint density at radius 3 is 1.78 bits per heavy atom. The maximum absolute atomic E-state index is 10.6. The van der Waals surface area contributed by atoms with E-state index >= 15 is 0 Å². The number of pyridine rings is 2. The third kappa shape index (κ3) is 14.4. The van der Waals surface area contributed by atoms with E-state index in [1.807, 2.05) is 18.5 Å². The summed E-state index contributed by atoms with van der Waals surface area (Å²) in [4.78, 5) is 41.0. The first kappa shape index (κ1) is 40.0. The molecule has 2 aliphatic rings. The Bertz CT molecular complexity index is 1220. The number of hydrogen-bond donors (Lipinski definition) is 3. The molecular weight excluding hydrogens is 647 g/mol. The minimum absolute atomic E-state index is 0.339. The molecule has 2 aliphatic heterocycles. The van der Waals surface area contributed by atoms with Crippen LogP contribution in [0.25, 0.3) is 0 Å². The van der Waals surface area contributed by atoms with Crippen molar-refractivity contribution in [2.24, 2.45) is 0 Å². The van der Waals surface area contributed by atoms with E-state index in [1.54, 1.807) is 0 Å². The zero-order valence-corrected chi connectivity index (χ0v) is 24.2. The number of likely N-dealkylation sites (tertiary alicyclic amines) is 2. The Morgan fingerprint density at radius 2 is 1.33 bits per heavy atom. The van der Waals surface area contributed by atoms with Crippen LogP contribution in [0.1, 0.15) is 42.6 Å². The number of carbonyl (C=O) groups is 3. The summed E-state index contributed by atoms with van der Waals surface area (Å²) in [6.07, 6.45) is -6.12. The van der Waals surface area contributed by atoms with E-state index in [-0.39, 0.29) is 0 Å². The van der Waals surface area contributed by atoms with Gasteiger partial charge < -0.3 is 15.3 Å². The van der Waals surface area contributed by atoms with E-state index < -0.39 is 36.4 Å². The number of halogens is 9. The first-order valence-electron chi connectivity index (χ1n) is 13.3. The van der Waals surface area contributed by atoms with E-state index in [9.17, 15) is 39.5 Å². The lowest BCUT2D eigenvalue weighted by Gasteiger charge is -2.45. The summed E-state index contributed by atoms with van der Waals surface area (Å²) in [7, 11) is 0. The van der Waals surface area contributed by atoms with E-state index in [4.69, 9.17) is 34.7 Å². The Morgan fingerprint density at radius 1 is 0.783 bits per heavy atom. The number of piperidine rings is 1. The number of nitrogens with zero attached hydrogens (tertiary/aromatic N) is 4. The smallest absolute Gasteiger partial charge is 0.475 e. The van der Waals surface area contributed by atoms with Crippen LogP contribution in [0.15, 0.2) is 42.7 Å². The number of hydrogen-bond acceptors (Lipinski definition) is 7. The minimum atomic E-state index is -5.08. The third-order valence-electron chi connectivity index (χ3n) is 6.56. The lowest BCUT2D eigenvalue weighted by molar-refractivity contribution is -0.193. The summed E-state index contributed by atoms with van der Waals surface area (Å²) in [6, 6.07) is 10.6. The maximum atomic E-state index is 10.6. The van der Waals surface area contributed by atoms with Crippen molar-refractivity contribution in [1.29, 1.82) is 0 Å². The second-order valence-electron chi connectivity index (χ2n) is 10.1. The average molecular weight is 679 g/mol. The fourth-order valence-corrected chi connectivity index (χ4v) is 4.57. The number of rotatable bonds is 4. The lowest BCUT2D eigenvalue weighted by Crippen LogP contribution is -2.53. The van der Waals surface area contributed by atoms with Gasteiger partial charge in [-0.1, -0.05) is 18.6 Å². The molecule has 0 aromatic carbocycles. The van der Waals surface area contributed by atoms with Crippen molar-refractivity contribution >= 4 is 17.9 Å². The van der Waals surface area contributed by atoms with Gasteiger partial charge in [-0.15, -0.1) is 0 Å². The van der Waals surface area contributed by atoms with E-state index in [0.29, 0.717) is 5.54 Å². The highest BCUT2D eigenvalue weighted by atomic mass is 19.4. The molecule has 2 saturated heterocycles. The van der Waals surface area contributed by atoms with Crippen molar-refractivity contribution in [3.05, 3.63) is 59.7 Å². The van der Waals surface area contributed by atoms with Crippen molar-refractivity contribution in [2.45, 2.75) is 69.8 Å². The highest BCUT2D eigenvalue weighted by Gasteiger charge is 2.44. The molecule has 1 atom stereocenters. The van der Waals surface area contributed by atoms with Gasteiger partial charge in [-0.25, -0.2) is 14.4 Å². The van der Waals surface area contributed by atoms with Crippen LogP contribution in [0, 0.1) is 6.92 Å². The van der Waals surface area contributed by atoms with E-state index in [1.165, 1.54) is 56.6 Å². The quantitative estimate of drug-likeness (QED) is 0.364. The van der Waals surface area contributed by atoms with Crippen LogP contribution in [0.5, 0.6) is 0 Å². The number of aliphatic carboxylic acids is 3. The first-order chi connectivity index (χ1) is 21.1. The van der Waals surface area contributed by atoms with Crippen molar-refractivity contribution in [1.82, 2.24) is 19.8 Å². The summed E-state index contributed by atoms with van der Waals surface area (Å²) in [6.45, 7) is 7.66. The minimum Gasteiger partial charge on any atom is -0.475 e. The van der Waals surface area contributed by atoms with Crippen LogP contribution in [-0.2, 0) is 27.5 Å². The second kappa shape index (κ2) is 17.1. The molecule has 4 heterocycles. The highest BCUT2D eigenvalue weighted by Crippen LogP contribution is 2.38. The Hall–Kier alpha value is -4.00. The van der Waals surface area contributed by atoms with Gasteiger partial charge in [0.25, 0.3) is 0 Å². The van der Waals surface area contributed by atoms with Crippen LogP contribution >= 0.6 is 0 Å². The molecular formula is C27H31F9N4O6. The van der Waals surface area contributed by atoms with Gasteiger partial charge in [0.1, 0.15) is 0 Å². The van der Waals surface area contributed by atoms with Gasteiger partial charge in [0.15, 0.2) is 0 Å². The average Bonchev–Trinajstić information content (AvgIpc) is 3.33. The number of alkyl halides is 9. The van der Waals surface area contributed by atoms with Crippen molar-refractivity contribution in [3.8, 4) is 0 Å². The second-order valence-corrected chi connectivity index (χ2v) is 10.1. The summed E-state index contributed by atoms with van der Waals surface area (Å²) >= 11 is 0. The summed E-state index contributed by atoms with van der Waals surface area (Å²) in [5.41, 5.74) is 3.99. The van der Waals surface area contributed by atoms with Gasteiger partial charge in [0.2, 0.25) is 0 Å². The lowest BCUT2D eigenvalue weighted by atomic mass is 9.85. The van der Waals surface area contributed by atoms with Gasteiger partial charge in [-0.05, 0) is 56.5 Å². The molecule has 0 radical (unpaired) electrons. The molecule has 4 rings (SSSR count). The van der Waals surface area contributed by atoms with Crippen LogP contribution < -0.4 is 0 Å². The predicted molar refractivity (Wildman–Crippen MR) is 141 cm³/mol. The molecule has 0 aliphatic carbocycles. The molecule has 2 fully saturated rings. The topological polar surface area (TPSA) is 144 Å². The van der Waals surface area contributed by atoms with Gasteiger partial charge >= 0.3 is 36.4 Å². The van der Waals surface area contributed by atoms with Crippen molar-refractivity contribution < 1.29 is 69.2 Å². The molecule has 19 heteroatoms. The molecule has 258 valence electrons. The summed E-state index contributed by atoms with van der Waals surface area (Å²) < 4.78 is 95.2. The summed E-state index contributed by atoms with van der Waals surface area (Å²) in [5, 5.41) is 21.4. The largest absolute Gasteiger partial charge is 0.490 e. The fourth-order valence-electron chi connectivity index (χ4n) is 4.57. The SMILES string of the molecule is Cc1cccc(CN2CCCCC23CCN(Cc2cccnc2)C3)n1.O=C(O)C(F)(F)F.O=C(O)C(F)(F)F.O=C(O)C(F)(F)F. The Balaban J connectivity index is 0.000000413. The van der Waals surface area contributed by atoms with Crippen molar-refractivity contribution in [3.63, 3.8) is 0 Å². The fraction of sp³-hybridized carbons (Fsp3) is 0.519. The van der Waals surface area contributed by atoms with Crippen LogP contribution in [0.3, 0.4) is 0 Å². The zero-order chi connectivity index (χ0) is 35.3. The zero-order valence-electron chi connectivity index (χ0n) is 24.2. The molecule has 3 N–H and O–H groups in total. The molecule has 2 aromatic rings. The van der Waals surface area contributed by atoms with Gasteiger partial charge in [-0.3, -0.25) is 19.8 Å². The molecule has 1 unspecified atom stereocenters. The van der Waals surface area contributed by atoms with E-state index in [2.05, 4.69) is 46.0 Å². The number of carboxylic acid groups (broad SMARTS) is 3. The van der Waals surface area contributed by atoms with Gasteiger partial charge in [0.05, 0.1) is 5.69 Å². The first-order valence-corrected chi connectivity index (χ1v) is 13.3. The summed E-state index contributed by atoms with van der Waals surface area (Å²) in [5.74, 6) is -8.27. The maximum Gasteiger partial charge on any atom is 0.490 e. The van der Waals surface area contributed by atoms with Gasteiger partial charge in [0, 0.05) is 49.8 Å². The molecule has 46 heavy (non-hydrogen) atoms. The molecule has 1 spiro atoms. The molecule has 2 aromatic heterocycles. The Labute approximate surface area is 256 Å². The van der Waals surface area contributed by atoms with Crippen molar-refractivity contribution in [2.75, 3.05) is 19.6 Å². The third-order valence-corrected chi connectivity index (χ3v) is 6.56. The number of aryl methyl sites for hydroxylation is 1. The molecule has 0 amide bonds. The Kier molecular flexibility index (Phi) is 14.8. The molecule has 0 saturated carbocycles. The highest BCUT2D eigenvalue weighted by molar-refractivity contribution is 5.73. The number of aromatic nitrogens is 2. The number of carboxylic acids is 3. The van der Waals surface area contributed by atoms with Crippen LogP contribution in [0.4, 0.5) is 39.5 Å². The monoisotopic (exact) mass is 678 g/mol. The van der Waals surface area contributed by atoms with Crippen LogP contribution in [-0.4, -0.2) is 96.7 Å². The van der Waals surface area contributed by atoms with Crippen LogP contribution in [0.2, 0.25) is 0 Å². The normalized spacial score (nSPS) is 18.7. The predicted octanol–water partition coefficient (Wildman–Crippen LogP) is 5.32. The van der Waals surface area contributed by atoms with E-state index in [0.717, 1.165) is 18.8 Å². The molecule has 10 nitrogen and oxygen atoms in total. The van der Waals surface area contributed by atoms with Gasteiger partial charge in [-0.2, -0.15) is 39.5 Å². The molecule has 0 bridgehead atoms.